The fourth-order valence-electron chi connectivity index (χ4n) is 3.76. The van der Waals surface area contributed by atoms with E-state index in [0.717, 1.165) is 30.0 Å². The van der Waals surface area contributed by atoms with E-state index >= 15 is 0 Å². The van der Waals surface area contributed by atoms with E-state index in [4.69, 9.17) is 23.2 Å². The summed E-state index contributed by atoms with van der Waals surface area (Å²) in [6.45, 7) is 0. The molecule has 2 atom stereocenters. The number of aromatic amines is 1. The Kier molecular flexibility index (Phi) is 3.96. The van der Waals surface area contributed by atoms with Crippen LogP contribution >= 0.6 is 23.2 Å². The van der Waals surface area contributed by atoms with Crippen molar-refractivity contribution in [3.63, 3.8) is 0 Å². The van der Waals surface area contributed by atoms with Gasteiger partial charge in [0, 0.05) is 18.3 Å². The molecule has 0 spiro atoms. The van der Waals surface area contributed by atoms with Crippen molar-refractivity contribution in [2.24, 2.45) is 0 Å². The lowest BCUT2D eigenvalue weighted by Gasteiger charge is -2.36. The highest BCUT2D eigenvalue weighted by atomic mass is 35.5. The predicted octanol–water partition coefficient (Wildman–Crippen LogP) is 4.11. The van der Waals surface area contributed by atoms with Gasteiger partial charge in [0.2, 0.25) is 5.56 Å². The average molecular weight is 382 g/mol. The molecule has 0 saturated carbocycles. The second-order valence-electron chi connectivity index (χ2n) is 6.31. The highest BCUT2D eigenvalue weighted by Crippen LogP contribution is 2.43. The third-order valence-corrected chi connectivity index (χ3v) is 5.57. The number of aromatic nitrogens is 1. The minimum absolute atomic E-state index is 0.00827. The lowest BCUT2D eigenvalue weighted by Crippen LogP contribution is -2.44. The van der Waals surface area contributed by atoms with Crippen LogP contribution in [0.4, 0.5) is 14.9 Å². The molecule has 5 nitrogen and oxygen atoms in total. The highest BCUT2D eigenvalue weighted by Gasteiger charge is 2.42. The topological polar surface area (TPSA) is 65.2 Å². The Morgan fingerprint density at radius 1 is 1.24 bits per heavy atom. The van der Waals surface area contributed by atoms with Crippen molar-refractivity contribution in [1.82, 2.24) is 9.88 Å². The summed E-state index contributed by atoms with van der Waals surface area (Å²) in [5.41, 5.74) is 1.76. The average Bonchev–Trinajstić information content (AvgIpc) is 2.88. The van der Waals surface area contributed by atoms with Crippen LogP contribution in [0.2, 0.25) is 10.0 Å². The number of urea groups is 1. The van der Waals surface area contributed by atoms with Crippen LogP contribution in [0.15, 0.2) is 29.2 Å². The van der Waals surface area contributed by atoms with Crippen LogP contribution in [0.3, 0.4) is 0 Å². The molecule has 3 heterocycles. The molecule has 1 aromatic heterocycles. The Labute approximate surface area is 152 Å². The standard InChI is InChI=1S/C17H14Cl2FN3O2/c18-11-5-13(20)14(6-12(11)19)22-17(25)23-9-1-2-15(23)10-7-21-16(24)4-8(10)3-9/h4-7,9,15H,1-3H2,(H,21,24)(H,22,25)/t9-,15+/m1/s1. The number of anilines is 1. The number of nitrogens with zero attached hydrogens (tertiary/aromatic N) is 1. The number of fused-ring (bicyclic) bond motifs is 4. The Hall–Kier alpha value is -2.05. The van der Waals surface area contributed by atoms with E-state index < -0.39 is 5.82 Å². The van der Waals surface area contributed by atoms with Gasteiger partial charge in [-0.1, -0.05) is 23.2 Å². The number of hydrogen-bond acceptors (Lipinski definition) is 2. The zero-order valence-electron chi connectivity index (χ0n) is 13.0. The van der Waals surface area contributed by atoms with E-state index in [1.807, 2.05) is 0 Å². The zero-order valence-corrected chi connectivity index (χ0v) is 14.5. The maximum Gasteiger partial charge on any atom is 0.322 e. The lowest BCUT2D eigenvalue weighted by atomic mass is 9.95. The molecule has 0 unspecified atom stereocenters. The van der Waals surface area contributed by atoms with Crippen LogP contribution in [0, 0.1) is 5.82 Å². The second-order valence-corrected chi connectivity index (χ2v) is 7.13. The molecular weight excluding hydrogens is 368 g/mol. The van der Waals surface area contributed by atoms with Crippen molar-refractivity contribution in [3.05, 3.63) is 61.7 Å². The normalized spacial score (nSPS) is 21.2. The molecule has 2 aliphatic heterocycles. The smallest absolute Gasteiger partial charge is 0.322 e. The molecule has 1 saturated heterocycles. The molecule has 4 rings (SSSR count). The van der Waals surface area contributed by atoms with Crippen molar-refractivity contribution in [2.45, 2.75) is 31.3 Å². The molecule has 2 amide bonds. The summed E-state index contributed by atoms with van der Waals surface area (Å²) in [6, 6.07) is 3.44. The van der Waals surface area contributed by atoms with E-state index in [1.165, 1.54) is 6.07 Å². The van der Waals surface area contributed by atoms with E-state index in [0.29, 0.717) is 6.42 Å². The van der Waals surface area contributed by atoms with Crippen LogP contribution in [0.1, 0.15) is 30.0 Å². The van der Waals surface area contributed by atoms with Gasteiger partial charge in [0.15, 0.2) is 0 Å². The summed E-state index contributed by atoms with van der Waals surface area (Å²) >= 11 is 11.7. The molecule has 25 heavy (non-hydrogen) atoms. The first-order valence-electron chi connectivity index (χ1n) is 7.89. The van der Waals surface area contributed by atoms with E-state index in [1.54, 1.807) is 17.2 Å². The van der Waals surface area contributed by atoms with E-state index in [-0.39, 0.29) is 39.4 Å². The number of pyridine rings is 1. The van der Waals surface area contributed by atoms with Gasteiger partial charge >= 0.3 is 6.03 Å². The van der Waals surface area contributed by atoms with Crippen LogP contribution in [0.25, 0.3) is 0 Å². The third kappa shape index (κ3) is 2.79. The van der Waals surface area contributed by atoms with Crippen LogP contribution < -0.4 is 10.9 Å². The Balaban J connectivity index is 1.63. The first kappa shape index (κ1) is 16.4. The monoisotopic (exact) mass is 381 g/mol. The van der Waals surface area contributed by atoms with Gasteiger partial charge in [-0.05, 0) is 42.5 Å². The Morgan fingerprint density at radius 3 is 2.80 bits per heavy atom. The zero-order chi connectivity index (χ0) is 17.7. The number of hydrogen-bond donors (Lipinski definition) is 2. The fraction of sp³-hybridized carbons (Fsp3) is 0.294. The van der Waals surface area contributed by atoms with Crippen molar-refractivity contribution >= 4 is 34.9 Å². The van der Waals surface area contributed by atoms with Gasteiger partial charge < -0.3 is 15.2 Å². The Morgan fingerprint density at radius 2 is 2.00 bits per heavy atom. The first-order valence-corrected chi connectivity index (χ1v) is 8.65. The second kappa shape index (κ2) is 6.04. The Bertz CT molecular complexity index is 931. The minimum atomic E-state index is -0.642. The van der Waals surface area contributed by atoms with Crippen molar-refractivity contribution in [2.75, 3.05) is 5.32 Å². The largest absolute Gasteiger partial charge is 0.329 e. The van der Waals surface area contributed by atoms with Gasteiger partial charge in [0.05, 0.1) is 21.8 Å². The van der Waals surface area contributed by atoms with Gasteiger partial charge in [-0.3, -0.25) is 4.79 Å². The molecule has 2 aliphatic rings. The van der Waals surface area contributed by atoms with Crippen molar-refractivity contribution < 1.29 is 9.18 Å². The summed E-state index contributed by atoms with van der Waals surface area (Å²) in [6.07, 6.45) is 3.93. The number of benzene rings is 1. The summed E-state index contributed by atoms with van der Waals surface area (Å²) in [5.74, 6) is -0.642. The number of carbonyl (C=O) groups excluding carboxylic acids is 1. The summed E-state index contributed by atoms with van der Waals surface area (Å²) in [4.78, 5) is 28.7. The van der Waals surface area contributed by atoms with Gasteiger partial charge in [-0.2, -0.15) is 0 Å². The van der Waals surface area contributed by atoms with Gasteiger partial charge in [-0.15, -0.1) is 0 Å². The summed E-state index contributed by atoms with van der Waals surface area (Å²) < 4.78 is 14.0. The minimum Gasteiger partial charge on any atom is -0.329 e. The predicted molar refractivity (Wildman–Crippen MR) is 93.8 cm³/mol. The number of halogens is 3. The molecule has 1 fully saturated rings. The van der Waals surface area contributed by atoms with Crippen LogP contribution in [0.5, 0.6) is 0 Å². The van der Waals surface area contributed by atoms with Crippen LogP contribution in [-0.2, 0) is 6.42 Å². The number of amides is 2. The van der Waals surface area contributed by atoms with E-state index in [9.17, 15) is 14.0 Å². The van der Waals surface area contributed by atoms with Gasteiger partial charge in [0.1, 0.15) is 5.82 Å². The molecular formula is C17H14Cl2FN3O2. The maximum absolute atomic E-state index is 14.0. The fourth-order valence-corrected chi connectivity index (χ4v) is 4.07. The molecule has 2 bridgehead atoms. The first-order chi connectivity index (χ1) is 11.9. The van der Waals surface area contributed by atoms with Gasteiger partial charge in [-0.25, -0.2) is 9.18 Å². The van der Waals surface area contributed by atoms with Crippen molar-refractivity contribution in [3.8, 4) is 0 Å². The molecule has 1 aromatic carbocycles. The van der Waals surface area contributed by atoms with Gasteiger partial charge in [0.25, 0.3) is 0 Å². The maximum atomic E-state index is 14.0. The molecule has 0 radical (unpaired) electrons. The lowest BCUT2D eigenvalue weighted by molar-refractivity contribution is 0.179. The molecule has 2 N–H and O–H groups in total. The highest BCUT2D eigenvalue weighted by molar-refractivity contribution is 6.42. The third-order valence-electron chi connectivity index (χ3n) is 4.85. The molecule has 2 aromatic rings. The summed E-state index contributed by atoms with van der Waals surface area (Å²) in [7, 11) is 0. The van der Waals surface area contributed by atoms with E-state index in [2.05, 4.69) is 10.3 Å². The molecule has 8 heteroatoms. The van der Waals surface area contributed by atoms with Crippen LogP contribution in [-0.4, -0.2) is 22.0 Å². The number of H-pyrrole nitrogens is 1. The summed E-state index contributed by atoms with van der Waals surface area (Å²) in [5, 5.41) is 2.85. The quantitative estimate of drug-likeness (QED) is 0.729. The number of carbonyl (C=O) groups is 1. The number of nitrogens with one attached hydrogen (secondary N) is 2. The van der Waals surface area contributed by atoms with Crippen molar-refractivity contribution in [1.29, 1.82) is 0 Å². The number of rotatable bonds is 1. The molecule has 130 valence electrons. The SMILES string of the molecule is O=C(Nc1cc(Cl)c(Cl)cc1F)N1[C@@H]2CC[C@H]1c1c[nH]c(=O)cc1C2. The molecule has 0 aliphatic carbocycles.